The van der Waals surface area contributed by atoms with Crippen LogP contribution >= 0.6 is 0 Å². The van der Waals surface area contributed by atoms with Gasteiger partial charge < -0.3 is 9.73 Å². The molecule has 1 atom stereocenters. The van der Waals surface area contributed by atoms with E-state index in [1.807, 2.05) is 18.2 Å². The van der Waals surface area contributed by atoms with Gasteiger partial charge in [-0.25, -0.2) is 0 Å². The molecular weight excluding hydrogens is 328 g/mol. The first-order chi connectivity index (χ1) is 12.6. The fourth-order valence-electron chi connectivity index (χ4n) is 3.53. The number of likely N-dealkylation sites (tertiary alicyclic amines) is 1. The Balaban J connectivity index is 1.75. The van der Waals surface area contributed by atoms with E-state index in [1.165, 1.54) is 43.4 Å². The third-order valence-corrected chi connectivity index (χ3v) is 4.84. The summed E-state index contributed by atoms with van der Waals surface area (Å²) in [7, 11) is 0. The molecule has 5 nitrogen and oxygen atoms in total. The standard InChI is InChI=1S/C21H26N2O3/c1-16-13-18(24)14-20(26-16)21(25)22-15-19(17-9-5-4-6-10-17)23-11-7-2-3-8-12-23/h4-6,9-10,13-14,19H,2-3,7-8,11-12,15H2,1H3,(H,22,25). The van der Waals surface area contributed by atoms with Crippen molar-refractivity contribution in [3.63, 3.8) is 0 Å². The third kappa shape index (κ3) is 4.82. The first kappa shape index (κ1) is 18.4. The van der Waals surface area contributed by atoms with Gasteiger partial charge in [0.1, 0.15) is 5.76 Å². The Bertz CT molecular complexity index is 777. The summed E-state index contributed by atoms with van der Waals surface area (Å²) in [5.41, 5.74) is 0.978. The molecule has 3 rings (SSSR count). The number of rotatable bonds is 5. The quantitative estimate of drug-likeness (QED) is 0.895. The largest absolute Gasteiger partial charge is 0.456 e. The van der Waals surface area contributed by atoms with Crippen LogP contribution in [-0.2, 0) is 0 Å². The number of hydrogen-bond acceptors (Lipinski definition) is 4. The smallest absolute Gasteiger partial charge is 0.287 e. The minimum Gasteiger partial charge on any atom is -0.456 e. The zero-order valence-corrected chi connectivity index (χ0v) is 15.2. The maximum absolute atomic E-state index is 12.5. The summed E-state index contributed by atoms with van der Waals surface area (Å²) in [6.45, 7) is 4.23. The molecule has 2 heterocycles. The molecule has 1 aromatic heterocycles. The van der Waals surface area contributed by atoms with Crippen molar-refractivity contribution in [1.29, 1.82) is 0 Å². The van der Waals surface area contributed by atoms with Crippen LogP contribution in [0.25, 0.3) is 0 Å². The molecule has 1 saturated heterocycles. The van der Waals surface area contributed by atoms with Crippen molar-refractivity contribution in [2.45, 2.75) is 38.6 Å². The Morgan fingerprint density at radius 2 is 1.81 bits per heavy atom. The van der Waals surface area contributed by atoms with Crippen molar-refractivity contribution in [1.82, 2.24) is 10.2 Å². The van der Waals surface area contributed by atoms with E-state index in [-0.39, 0.29) is 23.1 Å². The second-order valence-electron chi connectivity index (χ2n) is 6.85. The van der Waals surface area contributed by atoms with Gasteiger partial charge in [0, 0.05) is 18.7 Å². The molecule has 1 unspecified atom stereocenters. The van der Waals surface area contributed by atoms with Crippen LogP contribution in [0.3, 0.4) is 0 Å². The monoisotopic (exact) mass is 354 g/mol. The highest BCUT2D eigenvalue weighted by Gasteiger charge is 2.22. The average molecular weight is 354 g/mol. The molecule has 1 amide bonds. The number of amides is 1. The van der Waals surface area contributed by atoms with Crippen molar-refractivity contribution in [2.24, 2.45) is 0 Å². The molecule has 0 aliphatic carbocycles. The molecule has 1 N–H and O–H groups in total. The molecule has 2 aromatic rings. The zero-order valence-electron chi connectivity index (χ0n) is 15.2. The number of carbonyl (C=O) groups is 1. The van der Waals surface area contributed by atoms with E-state index in [1.54, 1.807) is 6.92 Å². The summed E-state index contributed by atoms with van der Waals surface area (Å²) in [5, 5.41) is 2.96. The van der Waals surface area contributed by atoms with Crippen LogP contribution in [0, 0.1) is 6.92 Å². The van der Waals surface area contributed by atoms with Gasteiger partial charge in [0.05, 0.1) is 6.04 Å². The van der Waals surface area contributed by atoms with Gasteiger partial charge in [-0.15, -0.1) is 0 Å². The topological polar surface area (TPSA) is 62.6 Å². The molecule has 5 heteroatoms. The van der Waals surface area contributed by atoms with Crippen LogP contribution in [0.15, 0.2) is 51.7 Å². The summed E-state index contributed by atoms with van der Waals surface area (Å²) < 4.78 is 5.40. The van der Waals surface area contributed by atoms with Crippen molar-refractivity contribution in [2.75, 3.05) is 19.6 Å². The number of carbonyl (C=O) groups excluding carboxylic acids is 1. The summed E-state index contributed by atoms with van der Waals surface area (Å²) in [4.78, 5) is 26.5. The lowest BCUT2D eigenvalue weighted by Gasteiger charge is -2.31. The van der Waals surface area contributed by atoms with E-state index in [9.17, 15) is 9.59 Å². The number of nitrogens with zero attached hydrogens (tertiary/aromatic N) is 1. The summed E-state index contributed by atoms with van der Waals surface area (Å²) in [6.07, 6.45) is 4.89. The lowest BCUT2D eigenvalue weighted by molar-refractivity contribution is 0.0901. The first-order valence-corrected chi connectivity index (χ1v) is 9.32. The van der Waals surface area contributed by atoms with Crippen LogP contribution in [0.5, 0.6) is 0 Å². The van der Waals surface area contributed by atoms with Gasteiger partial charge >= 0.3 is 0 Å². The molecular formula is C21H26N2O3. The number of aryl methyl sites for hydroxylation is 1. The maximum Gasteiger partial charge on any atom is 0.287 e. The maximum atomic E-state index is 12.5. The van der Waals surface area contributed by atoms with Gasteiger partial charge in [-0.05, 0) is 38.4 Å². The number of benzene rings is 1. The zero-order chi connectivity index (χ0) is 18.4. The second-order valence-corrected chi connectivity index (χ2v) is 6.85. The van der Waals surface area contributed by atoms with Crippen molar-refractivity contribution >= 4 is 5.91 Å². The molecule has 0 radical (unpaired) electrons. The van der Waals surface area contributed by atoms with Crippen LogP contribution in [0.4, 0.5) is 0 Å². The minimum atomic E-state index is -0.346. The predicted octanol–water partition coefficient (Wildman–Crippen LogP) is 3.30. The van der Waals surface area contributed by atoms with E-state index in [0.29, 0.717) is 12.3 Å². The lowest BCUT2D eigenvalue weighted by atomic mass is 10.0. The van der Waals surface area contributed by atoms with Crippen LogP contribution < -0.4 is 10.7 Å². The van der Waals surface area contributed by atoms with E-state index in [4.69, 9.17) is 4.42 Å². The molecule has 1 aromatic carbocycles. The van der Waals surface area contributed by atoms with Gasteiger partial charge in [0.25, 0.3) is 5.91 Å². The normalized spacial score (nSPS) is 16.7. The van der Waals surface area contributed by atoms with Crippen LogP contribution in [0.1, 0.15) is 53.6 Å². The van der Waals surface area contributed by atoms with Crippen LogP contribution in [-0.4, -0.2) is 30.4 Å². The van der Waals surface area contributed by atoms with E-state index < -0.39 is 0 Å². The Hall–Kier alpha value is -2.40. The SMILES string of the molecule is Cc1cc(=O)cc(C(=O)NCC(c2ccccc2)N2CCCCCC2)o1. The third-order valence-electron chi connectivity index (χ3n) is 4.84. The highest BCUT2D eigenvalue weighted by atomic mass is 16.3. The second kappa shape index (κ2) is 8.81. The van der Waals surface area contributed by atoms with Gasteiger partial charge in [0.2, 0.25) is 0 Å². The fraction of sp³-hybridized carbons (Fsp3) is 0.429. The highest BCUT2D eigenvalue weighted by molar-refractivity contribution is 5.91. The summed E-state index contributed by atoms with van der Waals surface area (Å²) in [5.74, 6) is 0.161. The Labute approximate surface area is 154 Å². The van der Waals surface area contributed by atoms with E-state index >= 15 is 0 Å². The average Bonchev–Trinajstić information content (AvgIpc) is 2.91. The van der Waals surface area contributed by atoms with Crippen molar-refractivity contribution < 1.29 is 9.21 Å². The molecule has 1 aliphatic heterocycles. The first-order valence-electron chi connectivity index (χ1n) is 9.32. The van der Waals surface area contributed by atoms with Gasteiger partial charge in [0.15, 0.2) is 11.2 Å². The van der Waals surface area contributed by atoms with Crippen molar-refractivity contribution in [3.8, 4) is 0 Å². The molecule has 0 bridgehead atoms. The molecule has 138 valence electrons. The molecule has 0 spiro atoms. The van der Waals surface area contributed by atoms with E-state index in [0.717, 1.165) is 13.1 Å². The van der Waals surface area contributed by atoms with Crippen molar-refractivity contribution in [3.05, 3.63) is 69.8 Å². The molecule has 1 fully saturated rings. The Kier molecular flexibility index (Phi) is 6.23. The van der Waals surface area contributed by atoms with Gasteiger partial charge in [-0.2, -0.15) is 0 Å². The number of nitrogens with one attached hydrogen (secondary N) is 1. The van der Waals surface area contributed by atoms with Crippen LogP contribution in [0.2, 0.25) is 0 Å². The van der Waals surface area contributed by atoms with Gasteiger partial charge in [-0.3, -0.25) is 14.5 Å². The minimum absolute atomic E-state index is 0.0673. The summed E-state index contributed by atoms with van der Waals surface area (Å²) >= 11 is 0. The molecule has 26 heavy (non-hydrogen) atoms. The summed E-state index contributed by atoms with van der Waals surface area (Å²) in [6, 6.07) is 13.0. The lowest BCUT2D eigenvalue weighted by Crippen LogP contribution is -2.38. The fourth-order valence-corrected chi connectivity index (χ4v) is 3.53. The Morgan fingerprint density at radius 1 is 1.12 bits per heavy atom. The molecule has 1 aliphatic rings. The molecule has 0 saturated carbocycles. The highest BCUT2D eigenvalue weighted by Crippen LogP contribution is 2.23. The Morgan fingerprint density at radius 3 is 2.46 bits per heavy atom. The van der Waals surface area contributed by atoms with E-state index in [2.05, 4.69) is 22.3 Å². The van der Waals surface area contributed by atoms with Gasteiger partial charge in [-0.1, -0.05) is 43.2 Å². The number of hydrogen-bond donors (Lipinski definition) is 1. The predicted molar refractivity (Wildman–Crippen MR) is 101 cm³/mol.